The number of nitrogens with one attached hydrogen (secondary N) is 2. The summed E-state index contributed by atoms with van der Waals surface area (Å²) >= 11 is 4.39. The van der Waals surface area contributed by atoms with Crippen LogP contribution >= 0.6 is 12.6 Å². The first-order valence-electron chi connectivity index (χ1n) is 10.6. The Morgan fingerprint density at radius 3 is 2.06 bits per heavy atom. The first-order chi connectivity index (χ1) is 15.3. The molecule has 2 rings (SSSR count). The van der Waals surface area contributed by atoms with E-state index in [4.69, 9.17) is 0 Å². The van der Waals surface area contributed by atoms with Gasteiger partial charge in [-0.3, -0.25) is 9.59 Å². The summed E-state index contributed by atoms with van der Waals surface area (Å²) in [7, 11) is 0. The molecule has 2 amide bonds. The van der Waals surface area contributed by atoms with Crippen molar-refractivity contribution in [2.24, 2.45) is 0 Å². The summed E-state index contributed by atoms with van der Waals surface area (Å²) in [4.78, 5) is 37.2. The predicted octanol–water partition coefficient (Wildman–Crippen LogP) is 2.72. The van der Waals surface area contributed by atoms with Gasteiger partial charge in [0.2, 0.25) is 11.8 Å². The van der Waals surface area contributed by atoms with Crippen LogP contribution in [0.15, 0.2) is 54.6 Å². The smallest absolute Gasteiger partial charge is 0.326 e. The normalized spacial score (nSPS) is 13.6. The number of hydrogen-bond donors (Lipinski definition) is 5. The third-order valence-corrected chi connectivity index (χ3v) is 5.46. The van der Waals surface area contributed by atoms with Gasteiger partial charge in [0.1, 0.15) is 17.8 Å². The predicted molar refractivity (Wildman–Crippen MR) is 126 cm³/mol. The highest BCUT2D eigenvalue weighted by atomic mass is 32.1. The van der Waals surface area contributed by atoms with E-state index in [1.165, 1.54) is 12.1 Å². The molecular weight excluding hydrogens is 428 g/mol. The SMILES string of the molecule is CCCC[C@H](NC(=O)C(S)Cc1ccccc1)C(=O)N[C@@H](Cc1ccc(O)cc1)C(=O)O. The van der Waals surface area contributed by atoms with E-state index in [0.29, 0.717) is 24.8 Å². The summed E-state index contributed by atoms with van der Waals surface area (Å²) in [6, 6.07) is 13.6. The molecule has 0 saturated carbocycles. The van der Waals surface area contributed by atoms with Gasteiger partial charge in [0, 0.05) is 6.42 Å². The number of carbonyl (C=O) groups is 3. The van der Waals surface area contributed by atoms with Crippen LogP contribution in [0.1, 0.15) is 37.3 Å². The van der Waals surface area contributed by atoms with E-state index in [0.717, 1.165) is 12.0 Å². The second-order valence-electron chi connectivity index (χ2n) is 7.68. The van der Waals surface area contributed by atoms with Crippen molar-refractivity contribution in [2.75, 3.05) is 0 Å². The Kier molecular flexibility index (Phi) is 10.1. The average molecular weight is 459 g/mol. The Morgan fingerprint density at radius 2 is 1.47 bits per heavy atom. The van der Waals surface area contributed by atoms with Crippen molar-refractivity contribution in [3.05, 3.63) is 65.7 Å². The fourth-order valence-electron chi connectivity index (χ4n) is 3.22. The number of amides is 2. The van der Waals surface area contributed by atoms with Gasteiger partial charge in [-0.05, 0) is 36.1 Å². The fourth-order valence-corrected chi connectivity index (χ4v) is 3.50. The highest BCUT2D eigenvalue weighted by molar-refractivity contribution is 7.81. The van der Waals surface area contributed by atoms with Crippen LogP contribution in [-0.4, -0.2) is 45.3 Å². The second-order valence-corrected chi connectivity index (χ2v) is 8.30. The Labute approximate surface area is 193 Å². The monoisotopic (exact) mass is 458 g/mol. The van der Waals surface area contributed by atoms with Gasteiger partial charge < -0.3 is 20.8 Å². The van der Waals surface area contributed by atoms with Crippen LogP contribution in [-0.2, 0) is 27.2 Å². The van der Waals surface area contributed by atoms with E-state index in [1.54, 1.807) is 12.1 Å². The number of thiol groups is 1. The molecule has 4 N–H and O–H groups in total. The maximum Gasteiger partial charge on any atom is 0.326 e. The fraction of sp³-hybridized carbons (Fsp3) is 0.375. The lowest BCUT2D eigenvalue weighted by Crippen LogP contribution is -2.53. The van der Waals surface area contributed by atoms with E-state index < -0.39 is 29.2 Å². The molecule has 8 heteroatoms. The molecule has 172 valence electrons. The number of rotatable bonds is 12. The summed E-state index contributed by atoms with van der Waals surface area (Å²) in [5.41, 5.74) is 1.61. The van der Waals surface area contributed by atoms with Crippen LogP contribution in [0.4, 0.5) is 0 Å². The minimum atomic E-state index is -1.18. The molecule has 2 aromatic carbocycles. The van der Waals surface area contributed by atoms with Gasteiger partial charge in [-0.1, -0.05) is 62.2 Å². The Hall–Kier alpha value is -3.00. The van der Waals surface area contributed by atoms with E-state index >= 15 is 0 Å². The molecule has 0 aliphatic carbocycles. The summed E-state index contributed by atoms with van der Waals surface area (Å²) in [6.07, 6.45) is 2.38. The average Bonchev–Trinajstić information content (AvgIpc) is 2.77. The molecule has 0 bridgehead atoms. The number of hydrogen-bond acceptors (Lipinski definition) is 5. The minimum Gasteiger partial charge on any atom is -0.508 e. The molecule has 3 atom stereocenters. The number of phenols is 1. The van der Waals surface area contributed by atoms with Crippen molar-refractivity contribution in [1.82, 2.24) is 10.6 Å². The molecular formula is C24H30N2O5S. The molecule has 0 aliphatic rings. The van der Waals surface area contributed by atoms with E-state index in [2.05, 4.69) is 23.3 Å². The van der Waals surface area contributed by atoms with E-state index in [-0.39, 0.29) is 18.1 Å². The quantitative estimate of drug-likeness (QED) is 0.314. The van der Waals surface area contributed by atoms with Gasteiger partial charge in [-0.2, -0.15) is 12.6 Å². The zero-order valence-electron chi connectivity index (χ0n) is 18.0. The molecule has 0 spiro atoms. The van der Waals surface area contributed by atoms with Crippen molar-refractivity contribution >= 4 is 30.4 Å². The topological polar surface area (TPSA) is 116 Å². The number of carbonyl (C=O) groups excluding carboxylic acids is 2. The Morgan fingerprint density at radius 1 is 0.875 bits per heavy atom. The third kappa shape index (κ3) is 8.26. The van der Waals surface area contributed by atoms with Crippen LogP contribution in [0.3, 0.4) is 0 Å². The summed E-state index contributed by atoms with van der Waals surface area (Å²) in [5.74, 6) is -2.02. The summed E-state index contributed by atoms with van der Waals surface area (Å²) in [6.45, 7) is 1.97. The second kappa shape index (κ2) is 12.8. The lowest BCUT2D eigenvalue weighted by Gasteiger charge is -2.23. The van der Waals surface area contributed by atoms with Gasteiger partial charge >= 0.3 is 5.97 Å². The Balaban J connectivity index is 2.03. The maximum atomic E-state index is 12.9. The summed E-state index contributed by atoms with van der Waals surface area (Å²) < 4.78 is 0. The van der Waals surface area contributed by atoms with Crippen LogP contribution in [0.2, 0.25) is 0 Å². The van der Waals surface area contributed by atoms with Gasteiger partial charge in [0.05, 0.1) is 5.25 Å². The number of aliphatic carboxylic acids is 1. The molecule has 0 aliphatic heterocycles. The number of unbranched alkanes of at least 4 members (excludes halogenated alkanes) is 1. The molecule has 0 aromatic heterocycles. The van der Waals surface area contributed by atoms with Crippen LogP contribution in [0, 0.1) is 0 Å². The van der Waals surface area contributed by atoms with Crippen LogP contribution in [0.5, 0.6) is 5.75 Å². The van der Waals surface area contributed by atoms with Gasteiger partial charge in [0.25, 0.3) is 0 Å². The molecule has 1 unspecified atom stereocenters. The van der Waals surface area contributed by atoms with Crippen molar-refractivity contribution in [2.45, 2.75) is 56.4 Å². The molecule has 0 saturated heterocycles. The van der Waals surface area contributed by atoms with Gasteiger partial charge in [-0.25, -0.2) is 4.79 Å². The number of carboxylic acids is 1. The van der Waals surface area contributed by atoms with Crippen molar-refractivity contribution in [3.8, 4) is 5.75 Å². The van der Waals surface area contributed by atoms with Crippen molar-refractivity contribution < 1.29 is 24.6 Å². The van der Waals surface area contributed by atoms with Gasteiger partial charge in [-0.15, -0.1) is 0 Å². The highest BCUT2D eigenvalue weighted by Gasteiger charge is 2.28. The van der Waals surface area contributed by atoms with Crippen molar-refractivity contribution in [1.29, 1.82) is 0 Å². The van der Waals surface area contributed by atoms with E-state index in [1.807, 2.05) is 37.3 Å². The highest BCUT2D eigenvalue weighted by Crippen LogP contribution is 2.13. The molecule has 0 fully saturated rings. The molecule has 2 aromatic rings. The number of phenolic OH excluding ortho intramolecular Hbond substituents is 1. The zero-order valence-corrected chi connectivity index (χ0v) is 18.9. The first kappa shape index (κ1) is 25.3. The molecule has 0 heterocycles. The lowest BCUT2D eigenvalue weighted by molar-refractivity contribution is -0.142. The standard InChI is InChI=1S/C24H30N2O5S/c1-2-3-9-19(25-23(29)21(32)15-16-7-5-4-6-8-16)22(28)26-20(24(30)31)14-17-10-12-18(27)13-11-17/h4-8,10-13,19-21,27,32H,2-3,9,14-15H2,1H3,(H,25,29)(H,26,28)(H,30,31)/t19-,20-,21?/m0/s1. The number of carboxylic acid groups (broad SMARTS) is 1. The van der Waals surface area contributed by atoms with Gasteiger partial charge in [0.15, 0.2) is 0 Å². The summed E-state index contributed by atoms with van der Waals surface area (Å²) in [5, 5.41) is 23.6. The van der Waals surface area contributed by atoms with Crippen LogP contribution in [0.25, 0.3) is 0 Å². The number of benzene rings is 2. The zero-order chi connectivity index (χ0) is 23.5. The first-order valence-corrected chi connectivity index (χ1v) is 11.1. The molecule has 32 heavy (non-hydrogen) atoms. The molecule has 0 radical (unpaired) electrons. The largest absolute Gasteiger partial charge is 0.508 e. The minimum absolute atomic E-state index is 0.0546. The maximum absolute atomic E-state index is 12.9. The number of aromatic hydroxyl groups is 1. The lowest BCUT2D eigenvalue weighted by atomic mass is 10.0. The van der Waals surface area contributed by atoms with Crippen LogP contribution < -0.4 is 10.6 Å². The Bertz CT molecular complexity index is 889. The third-order valence-electron chi connectivity index (χ3n) is 5.04. The molecule has 7 nitrogen and oxygen atoms in total. The van der Waals surface area contributed by atoms with Crippen molar-refractivity contribution in [3.63, 3.8) is 0 Å². The van der Waals surface area contributed by atoms with E-state index in [9.17, 15) is 24.6 Å².